The molecule has 0 atom stereocenters. The van der Waals surface area contributed by atoms with Crippen molar-refractivity contribution in [1.29, 1.82) is 0 Å². The van der Waals surface area contributed by atoms with Crippen LogP contribution in [-0.2, 0) is 7.05 Å². The maximum Gasteiger partial charge on any atom is 0.149 e. The van der Waals surface area contributed by atoms with E-state index in [2.05, 4.69) is 16.7 Å². The maximum absolute atomic E-state index is 3.87. The Bertz CT molecular complexity index is 189. The summed E-state index contributed by atoms with van der Waals surface area (Å²) in [6.07, 6.45) is 3.16. The highest BCUT2D eigenvalue weighted by atomic mass is 15.3. The van der Waals surface area contributed by atoms with Crippen molar-refractivity contribution in [2.24, 2.45) is 7.05 Å². The number of rotatable bonds is 1. The fourth-order valence-electron chi connectivity index (χ4n) is 0.490. The van der Waals surface area contributed by atoms with Crippen molar-refractivity contribution < 1.29 is 0 Å². The smallest absolute Gasteiger partial charge is 0.149 e. The third kappa shape index (κ3) is 0.621. The summed E-state index contributed by atoms with van der Waals surface area (Å²) >= 11 is 0. The fraction of sp³-hybridized carbons (Fsp3) is 0.200. The lowest BCUT2D eigenvalue weighted by Crippen LogP contribution is -1.91. The van der Waals surface area contributed by atoms with Gasteiger partial charge in [-0.1, -0.05) is 6.58 Å². The van der Waals surface area contributed by atoms with Gasteiger partial charge in [0.15, 0.2) is 0 Å². The second-order valence-corrected chi connectivity index (χ2v) is 1.45. The van der Waals surface area contributed by atoms with Crippen LogP contribution in [0, 0.1) is 0 Å². The van der Waals surface area contributed by atoms with E-state index >= 15 is 0 Å². The predicted octanol–water partition coefficient (Wildman–Crippen LogP) is 0.458. The highest BCUT2D eigenvalue weighted by molar-refractivity contribution is 5.34. The topological polar surface area (TPSA) is 30.7 Å². The molecule has 0 fully saturated rings. The van der Waals surface area contributed by atoms with Crippen LogP contribution in [-0.4, -0.2) is 14.8 Å². The predicted molar refractivity (Wildman–Crippen MR) is 31.1 cm³/mol. The summed E-state index contributed by atoms with van der Waals surface area (Å²) in [4.78, 5) is 3.87. The molecular weight excluding hydrogens is 102 g/mol. The number of hydrogen-bond acceptors (Lipinski definition) is 2. The zero-order chi connectivity index (χ0) is 5.98. The van der Waals surface area contributed by atoms with Gasteiger partial charge in [-0.15, -0.1) is 0 Å². The Balaban J connectivity index is 3.09. The number of hydrogen-bond donors (Lipinski definition) is 0. The van der Waals surface area contributed by atoms with E-state index < -0.39 is 0 Å². The van der Waals surface area contributed by atoms with E-state index in [4.69, 9.17) is 0 Å². The van der Waals surface area contributed by atoms with Gasteiger partial charge < -0.3 is 0 Å². The van der Waals surface area contributed by atoms with Crippen molar-refractivity contribution >= 4 is 6.08 Å². The minimum atomic E-state index is 0.796. The summed E-state index contributed by atoms with van der Waals surface area (Å²) in [5, 5.41) is 3.82. The third-order valence-electron chi connectivity index (χ3n) is 0.929. The average molecular weight is 109 g/mol. The summed E-state index contributed by atoms with van der Waals surface area (Å²) < 4.78 is 1.66. The lowest BCUT2D eigenvalue weighted by molar-refractivity contribution is 0.757. The summed E-state index contributed by atoms with van der Waals surface area (Å²) in [5.41, 5.74) is 0. The molecule has 0 saturated heterocycles. The zero-order valence-electron chi connectivity index (χ0n) is 4.70. The van der Waals surface area contributed by atoms with Crippen LogP contribution in [0.2, 0.25) is 0 Å². The van der Waals surface area contributed by atoms with Crippen LogP contribution in [0.1, 0.15) is 5.82 Å². The molecular formula is C5H7N3. The van der Waals surface area contributed by atoms with Gasteiger partial charge in [-0.2, -0.15) is 5.10 Å². The maximum atomic E-state index is 3.87. The van der Waals surface area contributed by atoms with Crippen molar-refractivity contribution in [3.63, 3.8) is 0 Å². The molecule has 0 unspecified atom stereocenters. The zero-order valence-corrected chi connectivity index (χ0v) is 4.70. The standard InChI is InChI=1S/C5H7N3/c1-3-5-6-4-7-8(5)2/h3-4H,1H2,2H3. The van der Waals surface area contributed by atoms with Gasteiger partial charge in [0.05, 0.1) is 0 Å². The van der Waals surface area contributed by atoms with E-state index in [1.165, 1.54) is 6.33 Å². The first kappa shape index (κ1) is 5.03. The molecule has 1 aromatic heterocycles. The Morgan fingerprint density at radius 1 is 1.88 bits per heavy atom. The molecule has 3 heteroatoms. The van der Waals surface area contributed by atoms with Gasteiger partial charge >= 0.3 is 0 Å². The van der Waals surface area contributed by atoms with Gasteiger partial charge in [-0.05, 0) is 6.08 Å². The van der Waals surface area contributed by atoms with Crippen LogP contribution in [0.25, 0.3) is 6.08 Å². The van der Waals surface area contributed by atoms with E-state index in [0.29, 0.717) is 0 Å². The quantitative estimate of drug-likeness (QED) is 0.524. The number of aromatic nitrogens is 3. The second kappa shape index (κ2) is 1.78. The van der Waals surface area contributed by atoms with Gasteiger partial charge in [-0.25, -0.2) is 9.67 Å². The molecule has 0 saturated carbocycles. The van der Waals surface area contributed by atoms with Crippen molar-refractivity contribution in [2.75, 3.05) is 0 Å². The molecule has 0 aliphatic rings. The van der Waals surface area contributed by atoms with Crippen LogP contribution in [0.5, 0.6) is 0 Å². The fourth-order valence-corrected chi connectivity index (χ4v) is 0.490. The minimum Gasteiger partial charge on any atom is -0.249 e. The Morgan fingerprint density at radius 3 is 2.88 bits per heavy atom. The Hall–Kier alpha value is -1.12. The molecule has 1 rings (SSSR count). The first-order valence-corrected chi connectivity index (χ1v) is 2.31. The minimum absolute atomic E-state index is 0.796. The summed E-state index contributed by atoms with van der Waals surface area (Å²) in [6.45, 7) is 3.54. The molecule has 0 spiro atoms. The molecule has 0 bridgehead atoms. The monoisotopic (exact) mass is 109 g/mol. The van der Waals surface area contributed by atoms with E-state index in [0.717, 1.165) is 5.82 Å². The first-order chi connectivity index (χ1) is 3.84. The molecule has 0 amide bonds. The van der Waals surface area contributed by atoms with Crippen molar-refractivity contribution in [2.45, 2.75) is 0 Å². The molecule has 42 valence electrons. The molecule has 3 nitrogen and oxygen atoms in total. The van der Waals surface area contributed by atoms with E-state index in [9.17, 15) is 0 Å². The van der Waals surface area contributed by atoms with Crippen LogP contribution in [0.15, 0.2) is 12.9 Å². The van der Waals surface area contributed by atoms with E-state index in [-0.39, 0.29) is 0 Å². The van der Waals surface area contributed by atoms with E-state index in [1.807, 2.05) is 7.05 Å². The van der Waals surface area contributed by atoms with Gasteiger partial charge in [0.25, 0.3) is 0 Å². The van der Waals surface area contributed by atoms with Crippen LogP contribution >= 0.6 is 0 Å². The highest BCUT2D eigenvalue weighted by Gasteiger charge is 1.88. The second-order valence-electron chi connectivity index (χ2n) is 1.45. The number of nitrogens with zero attached hydrogens (tertiary/aromatic N) is 3. The largest absolute Gasteiger partial charge is 0.249 e. The molecule has 1 heterocycles. The molecule has 1 aromatic rings. The van der Waals surface area contributed by atoms with Gasteiger partial charge in [0, 0.05) is 7.05 Å². The van der Waals surface area contributed by atoms with Gasteiger partial charge in [-0.3, -0.25) is 0 Å². The Kier molecular flexibility index (Phi) is 1.12. The van der Waals surface area contributed by atoms with Crippen molar-refractivity contribution in [1.82, 2.24) is 14.8 Å². The van der Waals surface area contributed by atoms with Crippen LogP contribution in [0.3, 0.4) is 0 Å². The summed E-state index contributed by atoms with van der Waals surface area (Å²) in [6, 6.07) is 0. The lowest BCUT2D eigenvalue weighted by Gasteiger charge is -1.86. The van der Waals surface area contributed by atoms with Gasteiger partial charge in [0.2, 0.25) is 0 Å². The van der Waals surface area contributed by atoms with Crippen molar-refractivity contribution in [3.8, 4) is 0 Å². The lowest BCUT2D eigenvalue weighted by atomic mass is 10.6. The Morgan fingerprint density at radius 2 is 2.62 bits per heavy atom. The molecule has 0 aliphatic heterocycles. The highest BCUT2D eigenvalue weighted by Crippen LogP contribution is 1.88. The normalized spacial score (nSPS) is 9.12. The number of aryl methyl sites for hydroxylation is 1. The first-order valence-electron chi connectivity index (χ1n) is 2.31. The molecule has 0 N–H and O–H groups in total. The Labute approximate surface area is 47.7 Å². The molecule has 0 aliphatic carbocycles. The summed E-state index contributed by atoms with van der Waals surface area (Å²) in [5.74, 6) is 0.796. The van der Waals surface area contributed by atoms with Crippen molar-refractivity contribution in [3.05, 3.63) is 18.7 Å². The third-order valence-corrected chi connectivity index (χ3v) is 0.929. The SMILES string of the molecule is C=Cc1ncnn1C. The van der Waals surface area contributed by atoms with E-state index in [1.54, 1.807) is 10.8 Å². The van der Waals surface area contributed by atoms with Crippen LogP contribution in [0.4, 0.5) is 0 Å². The average Bonchev–Trinajstić information content (AvgIpc) is 2.14. The van der Waals surface area contributed by atoms with Gasteiger partial charge in [0.1, 0.15) is 12.2 Å². The molecule has 8 heavy (non-hydrogen) atoms. The molecule has 0 aromatic carbocycles. The van der Waals surface area contributed by atoms with Crippen LogP contribution < -0.4 is 0 Å². The molecule has 0 radical (unpaired) electrons. The summed E-state index contributed by atoms with van der Waals surface area (Å²) in [7, 11) is 1.82.